The predicted octanol–water partition coefficient (Wildman–Crippen LogP) is 6.88. The fraction of sp³-hybridized carbons (Fsp3) is 0.333. The van der Waals surface area contributed by atoms with Gasteiger partial charge in [-0.3, -0.25) is 9.59 Å². The van der Waals surface area contributed by atoms with Crippen LogP contribution in [0.15, 0.2) is 81.7 Å². The number of nitrogens with one attached hydrogen (secondary N) is 1. The SMILES string of the molecule is CCCNC(=O)[C@@H](Cc1ccccc1)N(Cc1cccc(Br)c1)C(=O)COc1ccc(C(C)C)cc1Br. The molecule has 0 aliphatic heterocycles. The maximum absolute atomic E-state index is 13.7. The van der Waals surface area contributed by atoms with Gasteiger partial charge in [-0.05, 0) is 69.2 Å². The summed E-state index contributed by atoms with van der Waals surface area (Å²) in [6.45, 7) is 6.91. The van der Waals surface area contributed by atoms with Crippen LogP contribution in [-0.4, -0.2) is 35.9 Å². The maximum atomic E-state index is 13.7. The van der Waals surface area contributed by atoms with Crippen LogP contribution < -0.4 is 10.1 Å². The summed E-state index contributed by atoms with van der Waals surface area (Å²) in [5, 5.41) is 2.99. The molecule has 5 nitrogen and oxygen atoms in total. The zero-order chi connectivity index (χ0) is 26.8. The van der Waals surface area contributed by atoms with Crippen LogP contribution in [-0.2, 0) is 22.6 Å². The van der Waals surface area contributed by atoms with Gasteiger partial charge >= 0.3 is 0 Å². The van der Waals surface area contributed by atoms with Crippen molar-refractivity contribution in [1.82, 2.24) is 10.2 Å². The van der Waals surface area contributed by atoms with Crippen LogP contribution in [0.2, 0.25) is 0 Å². The Kier molecular flexibility index (Phi) is 11.2. The molecule has 0 bridgehead atoms. The first-order chi connectivity index (χ1) is 17.8. The topological polar surface area (TPSA) is 58.6 Å². The zero-order valence-corrected chi connectivity index (χ0v) is 24.7. The smallest absolute Gasteiger partial charge is 0.261 e. The molecule has 196 valence electrons. The fourth-order valence-corrected chi connectivity index (χ4v) is 4.93. The monoisotopic (exact) mass is 628 g/mol. The van der Waals surface area contributed by atoms with Crippen molar-refractivity contribution in [2.24, 2.45) is 0 Å². The molecule has 0 heterocycles. The number of ether oxygens (including phenoxy) is 1. The standard InChI is InChI=1S/C30H34Br2N2O3/c1-4-15-33-30(36)27(17-22-9-6-5-7-10-22)34(19-23-11-8-12-25(31)16-23)29(35)20-37-28-14-13-24(21(2)3)18-26(28)32/h5-14,16,18,21,27H,4,15,17,19-20H2,1-3H3,(H,33,36)/t27-/m1/s1. The Morgan fingerprint density at radius 2 is 1.68 bits per heavy atom. The molecule has 0 aliphatic rings. The van der Waals surface area contributed by atoms with Crippen LogP contribution in [0.5, 0.6) is 5.75 Å². The van der Waals surface area contributed by atoms with Gasteiger partial charge in [-0.1, -0.05) is 85.2 Å². The quantitative estimate of drug-likeness (QED) is 0.238. The van der Waals surface area contributed by atoms with Crippen molar-refractivity contribution in [3.8, 4) is 5.75 Å². The Balaban J connectivity index is 1.89. The molecule has 3 aromatic carbocycles. The first-order valence-corrected chi connectivity index (χ1v) is 14.1. The minimum Gasteiger partial charge on any atom is -0.483 e. The van der Waals surface area contributed by atoms with Crippen molar-refractivity contribution < 1.29 is 14.3 Å². The number of hydrogen-bond acceptors (Lipinski definition) is 3. The van der Waals surface area contributed by atoms with E-state index in [2.05, 4.69) is 51.0 Å². The van der Waals surface area contributed by atoms with Crippen molar-refractivity contribution in [3.63, 3.8) is 0 Å². The van der Waals surface area contributed by atoms with E-state index in [4.69, 9.17) is 4.74 Å². The van der Waals surface area contributed by atoms with Crippen LogP contribution in [0.3, 0.4) is 0 Å². The third-order valence-electron chi connectivity index (χ3n) is 6.04. The van der Waals surface area contributed by atoms with E-state index >= 15 is 0 Å². The summed E-state index contributed by atoms with van der Waals surface area (Å²) in [6.07, 6.45) is 1.22. The Morgan fingerprint density at radius 1 is 0.946 bits per heavy atom. The van der Waals surface area contributed by atoms with E-state index in [9.17, 15) is 9.59 Å². The molecule has 0 saturated heterocycles. The Morgan fingerprint density at radius 3 is 2.32 bits per heavy atom. The number of carbonyl (C=O) groups is 2. The third kappa shape index (κ3) is 8.71. The fourth-order valence-electron chi connectivity index (χ4n) is 3.97. The van der Waals surface area contributed by atoms with Gasteiger partial charge < -0.3 is 15.0 Å². The second kappa shape index (κ2) is 14.3. The van der Waals surface area contributed by atoms with Crippen molar-refractivity contribution >= 4 is 43.7 Å². The number of carbonyl (C=O) groups excluding carboxylic acids is 2. The summed E-state index contributed by atoms with van der Waals surface area (Å²) < 4.78 is 7.67. The molecule has 1 atom stereocenters. The highest BCUT2D eigenvalue weighted by Crippen LogP contribution is 2.29. The van der Waals surface area contributed by atoms with E-state index in [-0.39, 0.29) is 25.0 Å². The highest BCUT2D eigenvalue weighted by Gasteiger charge is 2.30. The zero-order valence-electron chi connectivity index (χ0n) is 21.5. The molecule has 0 aliphatic carbocycles. The lowest BCUT2D eigenvalue weighted by Crippen LogP contribution is -2.51. The number of benzene rings is 3. The van der Waals surface area contributed by atoms with Crippen LogP contribution in [0.4, 0.5) is 0 Å². The molecule has 1 N–H and O–H groups in total. The first-order valence-electron chi connectivity index (χ1n) is 12.6. The van der Waals surface area contributed by atoms with E-state index in [1.54, 1.807) is 4.90 Å². The lowest BCUT2D eigenvalue weighted by Gasteiger charge is -2.31. The second-order valence-corrected chi connectivity index (χ2v) is 11.1. The molecule has 37 heavy (non-hydrogen) atoms. The van der Waals surface area contributed by atoms with Gasteiger partial charge in [0.05, 0.1) is 4.47 Å². The summed E-state index contributed by atoms with van der Waals surface area (Å²) in [5.41, 5.74) is 3.09. The Labute approximate surface area is 236 Å². The molecule has 0 saturated carbocycles. The molecule has 0 spiro atoms. The van der Waals surface area contributed by atoms with E-state index in [0.717, 1.165) is 26.5 Å². The molecule has 0 radical (unpaired) electrons. The van der Waals surface area contributed by atoms with E-state index in [0.29, 0.717) is 24.6 Å². The predicted molar refractivity (Wildman–Crippen MR) is 156 cm³/mol. The van der Waals surface area contributed by atoms with Gasteiger partial charge in [-0.2, -0.15) is 0 Å². The molecule has 0 unspecified atom stereocenters. The first kappa shape index (κ1) is 28.9. The van der Waals surface area contributed by atoms with Crippen LogP contribution in [0.1, 0.15) is 49.8 Å². The Hall–Kier alpha value is -2.64. The highest BCUT2D eigenvalue weighted by molar-refractivity contribution is 9.10. The van der Waals surface area contributed by atoms with E-state index in [1.165, 1.54) is 5.56 Å². The highest BCUT2D eigenvalue weighted by atomic mass is 79.9. The molecule has 3 aromatic rings. The average Bonchev–Trinajstić information content (AvgIpc) is 2.89. The summed E-state index contributed by atoms with van der Waals surface area (Å²) >= 11 is 7.09. The molecular weight excluding hydrogens is 596 g/mol. The van der Waals surface area contributed by atoms with Crippen molar-refractivity contribution in [3.05, 3.63) is 98.4 Å². The lowest BCUT2D eigenvalue weighted by molar-refractivity contribution is -0.142. The molecule has 0 fully saturated rings. The van der Waals surface area contributed by atoms with Crippen molar-refractivity contribution in [1.29, 1.82) is 0 Å². The van der Waals surface area contributed by atoms with Gasteiger partial charge in [0.15, 0.2) is 6.61 Å². The summed E-state index contributed by atoms with van der Waals surface area (Å²) in [4.78, 5) is 28.7. The normalized spacial score (nSPS) is 11.7. The number of hydrogen-bond donors (Lipinski definition) is 1. The van der Waals surface area contributed by atoms with Gasteiger partial charge in [0.2, 0.25) is 5.91 Å². The molecular formula is C30H34Br2N2O3. The number of halogens is 2. The van der Waals surface area contributed by atoms with E-state index < -0.39 is 6.04 Å². The minimum atomic E-state index is -0.684. The number of nitrogens with zero attached hydrogens (tertiary/aromatic N) is 1. The molecule has 2 amide bonds. The summed E-state index contributed by atoms with van der Waals surface area (Å²) in [6, 6.07) is 22.8. The van der Waals surface area contributed by atoms with Gasteiger partial charge in [0.1, 0.15) is 11.8 Å². The number of rotatable bonds is 12. The second-order valence-electron chi connectivity index (χ2n) is 9.28. The van der Waals surface area contributed by atoms with Crippen LogP contribution in [0.25, 0.3) is 0 Å². The molecule has 7 heteroatoms. The Bertz CT molecular complexity index is 1180. The maximum Gasteiger partial charge on any atom is 0.261 e. The largest absolute Gasteiger partial charge is 0.483 e. The van der Waals surface area contributed by atoms with Crippen LogP contribution >= 0.6 is 31.9 Å². The number of amides is 2. The summed E-state index contributed by atoms with van der Waals surface area (Å²) in [5.74, 6) is 0.548. The molecule has 0 aromatic heterocycles. The lowest BCUT2D eigenvalue weighted by atomic mass is 10.0. The van der Waals surface area contributed by atoms with Crippen LogP contribution in [0, 0.1) is 0 Å². The van der Waals surface area contributed by atoms with Gasteiger partial charge in [0.25, 0.3) is 5.91 Å². The van der Waals surface area contributed by atoms with Gasteiger partial charge in [-0.15, -0.1) is 0 Å². The van der Waals surface area contributed by atoms with Crippen molar-refractivity contribution in [2.75, 3.05) is 13.2 Å². The summed E-state index contributed by atoms with van der Waals surface area (Å²) in [7, 11) is 0. The van der Waals surface area contributed by atoms with Gasteiger partial charge in [-0.25, -0.2) is 0 Å². The minimum absolute atomic E-state index is 0.170. The van der Waals surface area contributed by atoms with Gasteiger partial charge in [0, 0.05) is 24.0 Å². The van der Waals surface area contributed by atoms with E-state index in [1.807, 2.05) is 79.7 Å². The third-order valence-corrected chi connectivity index (χ3v) is 7.15. The average molecular weight is 630 g/mol. The van der Waals surface area contributed by atoms with Crippen molar-refractivity contribution in [2.45, 2.75) is 52.1 Å². The molecule has 3 rings (SSSR count).